The summed E-state index contributed by atoms with van der Waals surface area (Å²) in [4.78, 5) is 0. The third kappa shape index (κ3) is 2.98. The Morgan fingerprint density at radius 3 is 2.32 bits per heavy atom. The first kappa shape index (κ1) is 13.7. The van der Waals surface area contributed by atoms with Gasteiger partial charge in [0.05, 0.1) is 19.6 Å². The molecule has 102 valence electrons. The zero-order valence-electron chi connectivity index (χ0n) is 10.2. The summed E-state index contributed by atoms with van der Waals surface area (Å²) in [6.07, 6.45) is -7.24. The van der Waals surface area contributed by atoms with Crippen LogP contribution in [0.3, 0.4) is 0 Å². The van der Waals surface area contributed by atoms with Crippen LogP contribution in [-0.4, -0.2) is 18.4 Å². The number of methoxy groups -OCH3 is 1. The van der Waals surface area contributed by atoms with Gasteiger partial charge in [-0.2, -0.15) is 13.2 Å². The molecule has 2 aromatic rings. The van der Waals surface area contributed by atoms with Crippen LogP contribution in [-0.2, 0) is 0 Å². The summed E-state index contributed by atoms with van der Waals surface area (Å²) in [6.45, 7) is 0. The molecule has 1 N–H and O–H groups in total. The summed E-state index contributed by atoms with van der Waals surface area (Å²) in [7, 11) is 1.49. The first-order valence-corrected chi connectivity index (χ1v) is 5.73. The number of aliphatic hydroxyl groups excluding tert-OH is 1. The Bertz CT molecular complexity index is 578. The normalized spacial score (nSPS) is 13.5. The van der Waals surface area contributed by atoms with Crippen LogP contribution in [0.15, 0.2) is 36.4 Å². The van der Waals surface area contributed by atoms with Crippen molar-refractivity contribution in [2.45, 2.75) is 18.7 Å². The number of halogens is 3. The van der Waals surface area contributed by atoms with Gasteiger partial charge >= 0.3 is 6.18 Å². The largest absolute Gasteiger partial charge is 0.496 e. The lowest BCUT2D eigenvalue weighted by Gasteiger charge is -2.17. The van der Waals surface area contributed by atoms with Gasteiger partial charge in [0.15, 0.2) is 0 Å². The molecule has 0 radical (unpaired) electrons. The molecule has 0 amide bonds. The summed E-state index contributed by atoms with van der Waals surface area (Å²) in [6, 6.07) is 9.94. The number of fused-ring (bicyclic) bond motifs is 1. The highest BCUT2D eigenvalue weighted by Crippen LogP contribution is 2.35. The van der Waals surface area contributed by atoms with Gasteiger partial charge in [0.2, 0.25) is 0 Å². The van der Waals surface area contributed by atoms with Crippen LogP contribution in [0.1, 0.15) is 18.1 Å². The predicted molar refractivity (Wildman–Crippen MR) is 66.1 cm³/mol. The van der Waals surface area contributed by atoms with Crippen LogP contribution in [0, 0.1) is 0 Å². The van der Waals surface area contributed by atoms with E-state index in [2.05, 4.69) is 0 Å². The molecule has 0 heterocycles. The second-order valence-corrected chi connectivity index (χ2v) is 4.24. The quantitative estimate of drug-likeness (QED) is 0.918. The first-order chi connectivity index (χ1) is 8.92. The average molecular weight is 270 g/mol. The van der Waals surface area contributed by atoms with Gasteiger partial charge in [-0.15, -0.1) is 0 Å². The Labute approximate surface area is 108 Å². The van der Waals surface area contributed by atoms with E-state index in [9.17, 15) is 18.3 Å². The molecule has 5 heteroatoms. The van der Waals surface area contributed by atoms with Crippen molar-refractivity contribution in [3.8, 4) is 5.75 Å². The summed E-state index contributed by atoms with van der Waals surface area (Å²) >= 11 is 0. The van der Waals surface area contributed by atoms with Crippen LogP contribution < -0.4 is 4.74 Å². The molecule has 0 bridgehead atoms. The fraction of sp³-hybridized carbons (Fsp3) is 0.286. The molecule has 1 atom stereocenters. The number of aliphatic hydroxyl groups is 1. The van der Waals surface area contributed by atoms with Crippen molar-refractivity contribution in [1.29, 1.82) is 0 Å². The van der Waals surface area contributed by atoms with Crippen molar-refractivity contribution in [2.24, 2.45) is 0 Å². The molecule has 0 aromatic heterocycles. The van der Waals surface area contributed by atoms with Gasteiger partial charge < -0.3 is 9.84 Å². The molecule has 2 rings (SSSR count). The SMILES string of the molecule is COc1ccc(C(O)CC(F)(F)F)c2ccccc12. The Morgan fingerprint density at radius 2 is 1.74 bits per heavy atom. The van der Waals surface area contributed by atoms with Gasteiger partial charge in [0.1, 0.15) is 5.75 Å². The van der Waals surface area contributed by atoms with E-state index in [4.69, 9.17) is 4.74 Å². The smallest absolute Gasteiger partial charge is 0.391 e. The van der Waals surface area contributed by atoms with E-state index < -0.39 is 18.7 Å². The van der Waals surface area contributed by atoms with Crippen molar-refractivity contribution in [3.05, 3.63) is 42.0 Å². The van der Waals surface area contributed by atoms with Crippen molar-refractivity contribution >= 4 is 10.8 Å². The molecule has 0 aliphatic carbocycles. The minimum atomic E-state index is -4.40. The van der Waals surface area contributed by atoms with Crippen LogP contribution >= 0.6 is 0 Å². The van der Waals surface area contributed by atoms with Gasteiger partial charge in [-0.05, 0) is 17.0 Å². The van der Waals surface area contributed by atoms with E-state index in [1.165, 1.54) is 13.2 Å². The number of ether oxygens (including phenoxy) is 1. The Morgan fingerprint density at radius 1 is 1.11 bits per heavy atom. The highest BCUT2D eigenvalue weighted by atomic mass is 19.4. The molecule has 1 unspecified atom stereocenters. The van der Waals surface area contributed by atoms with E-state index in [0.29, 0.717) is 16.5 Å². The number of alkyl halides is 3. The van der Waals surface area contributed by atoms with E-state index in [-0.39, 0.29) is 5.56 Å². The van der Waals surface area contributed by atoms with E-state index in [1.54, 1.807) is 30.3 Å². The summed E-state index contributed by atoms with van der Waals surface area (Å²) < 4.78 is 42.2. The lowest BCUT2D eigenvalue weighted by Crippen LogP contribution is -2.13. The maximum atomic E-state index is 12.4. The van der Waals surface area contributed by atoms with Crippen LogP contribution in [0.5, 0.6) is 5.75 Å². The maximum Gasteiger partial charge on any atom is 0.391 e. The van der Waals surface area contributed by atoms with E-state index in [1.807, 2.05) is 0 Å². The molecular formula is C14H13F3O2. The van der Waals surface area contributed by atoms with Crippen molar-refractivity contribution in [1.82, 2.24) is 0 Å². The van der Waals surface area contributed by atoms with Crippen LogP contribution in [0.4, 0.5) is 13.2 Å². The fourth-order valence-electron chi connectivity index (χ4n) is 2.09. The number of rotatable bonds is 3. The zero-order chi connectivity index (χ0) is 14.0. The molecule has 0 saturated carbocycles. The molecule has 19 heavy (non-hydrogen) atoms. The molecule has 0 fully saturated rings. The number of hydrogen-bond acceptors (Lipinski definition) is 2. The second kappa shape index (κ2) is 5.09. The first-order valence-electron chi connectivity index (χ1n) is 5.73. The van der Waals surface area contributed by atoms with E-state index in [0.717, 1.165) is 0 Å². The minimum absolute atomic E-state index is 0.258. The summed E-state index contributed by atoms with van der Waals surface area (Å²) in [5.41, 5.74) is 0.258. The predicted octanol–water partition coefficient (Wildman–Crippen LogP) is 3.83. The number of hydrogen-bond donors (Lipinski definition) is 1. The second-order valence-electron chi connectivity index (χ2n) is 4.24. The molecule has 2 nitrogen and oxygen atoms in total. The Kier molecular flexibility index (Phi) is 3.66. The van der Waals surface area contributed by atoms with Crippen molar-refractivity contribution in [3.63, 3.8) is 0 Å². The van der Waals surface area contributed by atoms with E-state index >= 15 is 0 Å². The third-order valence-corrected chi connectivity index (χ3v) is 2.92. The molecule has 0 aliphatic rings. The molecule has 0 aliphatic heterocycles. The van der Waals surface area contributed by atoms with Crippen molar-refractivity contribution < 1.29 is 23.0 Å². The van der Waals surface area contributed by atoms with Gasteiger partial charge in [-0.1, -0.05) is 30.3 Å². The maximum absolute atomic E-state index is 12.4. The highest BCUT2D eigenvalue weighted by Gasteiger charge is 2.32. The molecular weight excluding hydrogens is 257 g/mol. The summed E-state index contributed by atoms with van der Waals surface area (Å²) in [5.74, 6) is 0.568. The number of benzene rings is 2. The fourth-order valence-corrected chi connectivity index (χ4v) is 2.09. The summed E-state index contributed by atoms with van der Waals surface area (Å²) in [5, 5.41) is 11.0. The average Bonchev–Trinajstić information content (AvgIpc) is 2.35. The minimum Gasteiger partial charge on any atom is -0.496 e. The van der Waals surface area contributed by atoms with Gasteiger partial charge in [-0.3, -0.25) is 0 Å². The standard InChI is InChI=1S/C14H13F3O2/c1-19-13-7-6-10(12(18)8-14(15,16)17)9-4-2-3-5-11(9)13/h2-7,12,18H,8H2,1H3. The molecule has 2 aromatic carbocycles. The lowest BCUT2D eigenvalue weighted by molar-refractivity contribution is -0.154. The van der Waals surface area contributed by atoms with Crippen molar-refractivity contribution in [2.75, 3.05) is 7.11 Å². The molecule has 0 spiro atoms. The topological polar surface area (TPSA) is 29.5 Å². The van der Waals surface area contributed by atoms with Gasteiger partial charge in [0, 0.05) is 5.39 Å². The van der Waals surface area contributed by atoms with Gasteiger partial charge in [0.25, 0.3) is 0 Å². The van der Waals surface area contributed by atoms with Crippen LogP contribution in [0.2, 0.25) is 0 Å². The zero-order valence-corrected chi connectivity index (χ0v) is 10.2. The third-order valence-electron chi connectivity index (χ3n) is 2.92. The molecule has 0 saturated heterocycles. The Balaban J connectivity index is 2.50. The highest BCUT2D eigenvalue weighted by molar-refractivity contribution is 5.91. The van der Waals surface area contributed by atoms with Gasteiger partial charge in [-0.25, -0.2) is 0 Å². The lowest BCUT2D eigenvalue weighted by atomic mass is 9.98. The Hall–Kier alpha value is -1.75. The monoisotopic (exact) mass is 270 g/mol. The van der Waals surface area contributed by atoms with Crippen LogP contribution in [0.25, 0.3) is 10.8 Å².